The third kappa shape index (κ3) is 3.43. The molecule has 0 fully saturated rings. The molecule has 0 aliphatic rings. The van der Waals surface area contributed by atoms with E-state index in [4.69, 9.17) is 5.73 Å². The lowest BCUT2D eigenvalue weighted by Crippen LogP contribution is -2.40. The Labute approximate surface area is 112 Å². The number of carbonyl (C=O) groups excluding carboxylic acids is 1. The van der Waals surface area contributed by atoms with E-state index in [1.54, 1.807) is 0 Å². The molecule has 0 aliphatic heterocycles. The molecule has 0 aromatic heterocycles. The lowest BCUT2D eigenvalue weighted by Gasteiger charge is -2.29. The van der Waals surface area contributed by atoms with Crippen LogP contribution in [0, 0.1) is 17.6 Å². The average molecular weight is 270 g/mol. The highest BCUT2D eigenvalue weighted by Crippen LogP contribution is 2.21. The monoisotopic (exact) mass is 270 g/mol. The standard InChI is InChI=1S/C14H20F2N2O/c1-8(2)7-18(9(3)4)14(19)12-10(15)5-6-11(17)13(12)16/h5-6,8-9H,7,17H2,1-4H3. The van der Waals surface area contributed by atoms with Crippen LogP contribution in [0.1, 0.15) is 38.1 Å². The summed E-state index contributed by atoms with van der Waals surface area (Å²) in [4.78, 5) is 13.8. The summed E-state index contributed by atoms with van der Waals surface area (Å²) in [6.45, 7) is 7.93. The Kier molecular flexibility index (Phi) is 4.86. The number of nitrogens with two attached hydrogens (primary N) is 1. The van der Waals surface area contributed by atoms with E-state index in [9.17, 15) is 13.6 Å². The van der Waals surface area contributed by atoms with Crippen molar-refractivity contribution in [1.82, 2.24) is 4.90 Å². The third-order valence-electron chi connectivity index (χ3n) is 2.78. The Morgan fingerprint density at radius 1 is 1.26 bits per heavy atom. The molecule has 0 heterocycles. The van der Waals surface area contributed by atoms with E-state index >= 15 is 0 Å². The van der Waals surface area contributed by atoms with Gasteiger partial charge >= 0.3 is 0 Å². The molecule has 0 unspecified atom stereocenters. The molecule has 0 aliphatic carbocycles. The zero-order valence-electron chi connectivity index (χ0n) is 11.7. The van der Waals surface area contributed by atoms with Crippen molar-refractivity contribution in [2.24, 2.45) is 5.92 Å². The fourth-order valence-corrected chi connectivity index (χ4v) is 1.83. The van der Waals surface area contributed by atoms with Crippen molar-refractivity contribution in [2.45, 2.75) is 33.7 Å². The maximum absolute atomic E-state index is 13.9. The molecule has 0 saturated carbocycles. The van der Waals surface area contributed by atoms with Gasteiger partial charge in [0, 0.05) is 12.6 Å². The molecule has 0 atom stereocenters. The third-order valence-corrected chi connectivity index (χ3v) is 2.78. The van der Waals surface area contributed by atoms with Gasteiger partial charge in [-0.05, 0) is 31.9 Å². The lowest BCUT2D eigenvalue weighted by atomic mass is 10.1. The first-order valence-electron chi connectivity index (χ1n) is 6.30. The number of carbonyl (C=O) groups is 1. The van der Waals surface area contributed by atoms with Crippen LogP contribution in [0.2, 0.25) is 0 Å². The number of benzene rings is 1. The molecule has 1 rings (SSSR count). The zero-order valence-corrected chi connectivity index (χ0v) is 11.7. The number of rotatable bonds is 4. The molecule has 106 valence electrons. The molecule has 0 radical (unpaired) electrons. The minimum absolute atomic E-state index is 0.143. The van der Waals surface area contributed by atoms with Crippen LogP contribution in [0.4, 0.5) is 14.5 Å². The van der Waals surface area contributed by atoms with Gasteiger partial charge in [-0.25, -0.2) is 8.78 Å². The second-order valence-corrected chi connectivity index (χ2v) is 5.27. The van der Waals surface area contributed by atoms with Gasteiger partial charge in [0.1, 0.15) is 11.4 Å². The van der Waals surface area contributed by atoms with Gasteiger partial charge in [0.15, 0.2) is 5.82 Å². The largest absolute Gasteiger partial charge is 0.396 e. The highest BCUT2D eigenvalue weighted by atomic mass is 19.1. The SMILES string of the molecule is CC(C)CN(C(=O)c1c(F)ccc(N)c1F)C(C)C. The summed E-state index contributed by atoms with van der Waals surface area (Å²) >= 11 is 0. The maximum atomic E-state index is 13.9. The van der Waals surface area contributed by atoms with E-state index in [1.807, 2.05) is 27.7 Å². The molecule has 19 heavy (non-hydrogen) atoms. The van der Waals surface area contributed by atoms with E-state index in [-0.39, 0.29) is 17.6 Å². The minimum Gasteiger partial charge on any atom is -0.396 e. The van der Waals surface area contributed by atoms with Crippen LogP contribution >= 0.6 is 0 Å². The number of anilines is 1. The van der Waals surface area contributed by atoms with Crippen molar-refractivity contribution in [2.75, 3.05) is 12.3 Å². The fraction of sp³-hybridized carbons (Fsp3) is 0.500. The second kappa shape index (κ2) is 5.99. The summed E-state index contributed by atoms with van der Waals surface area (Å²) in [5, 5.41) is 0. The molecule has 0 bridgehead atoms. The molecular formula is C14H20F2N2O. The van der Waals surface area contributed by atoms with Crippen LogP contribution in [0.25, 0.3) is 0 Å². The molecule has 2 N–H and O–H groups in total. The van der Waals surface area contributed by atoms with Crippen molar-refractivity contribution in [3.05, 3.63) is 29.3 Å². The van der Waals surface area contributed by atoms with E-state index in [0.717, 1.165) is 12.1 Å². The summed E-state index contributed by atoms with van der Waals surface area (Å²) < 4.78 is 27.6. The van der Waals surface area contributed by atoms with Crippen molar-refractivity contribution in [3.8, 4) is 0 Å². The number of hydrogen-bond acceptors (Lipinski definition) is 2. The van der Waals surface area contributed by atoms with Gasteiger partial charge < -0.3 is 10.6 Å². The van der Waals surface area contributed by atoms with Crippen molar-refractivity contribution >= 4 is 11.6 Å². The maximum Gasteiger partial charge on any atom is 0.260 e. The van der Waals surface area contributed by atoms with Crippen LogP contribution < -0.4 is 5.73 Å². The van der Waals surface area contributed by atoms with Gasteiger partial charge in [-0.2, -0.15) is 0 Å². The van der Waals surface area contributed by atoms with Crippen molar-refractivity contribution < 1.29 is 13.6 Å². The van der Waals surface area contributed by atoms with E-state index in [1.165, 1.54) is 4.90 Å². The number of nitrogen functional groups attached to an aromatic ring is 1. The Balaban J connectivity index is 3.20. The predicted octanol–water partition coefficient (Wildman–Crippen LogP) is 3.05. The summed E-state index contributed by atoms with van der Waals surface area (Å²) in [5.74, 6) is -2.32. The Hall–Kier alpha value is -1.65. The number of hydrogen-bond donors (Lipinski definition) is 1. The summed E-state index contributed by atoms with van der Waals surface area (Å²) in [7, 11) is 0. The topological polar surface area (TPSA) is 46.3 Å². The number of nitrogens with zero attached hydrogens (tertiary/aromatic N) is 1. The van der Waals surface area contributed by atoms with Crippen molar-refractivity contribution in [3.63, 3.8) is 0 Å². The fourth-order valence-electron chi connectivity index (χ4n) is 1.83. The molecule has 5 heteroatoms. The van der Waals surface area contributed by atoms with Crippen molar-refractivity contribution in [1.29, 1.82) is 0 Å². The summed E-state index contributed by atoms with van der Waals surface area (Å²) in [5.41, 5.74) is 4.59. The smallest absolute Gasteiger partial charge is 0.260 e. The van der Waals surface area contributed by atoms with Crippen LogP contribution in [-0.4, -0.2) is 23.4 Å². The van der Waals surface area contributed by atoms with Crippen LogP contribution in [0.5, 0.6) is 0 Å². The Morgan fingerprint density at radius 2 is 1.84 bits per heavy atom. The van der Waals surface area contributed by atoms with Crippen LogP contribution in [0.15, 0.2) is 12.1 Å². The first kappa shape index (κ1) is 15.4. The average Bonchev–Trinajstić information content (AvgIpc) is 2.30. The van der Waals surface area contributed by atoms with Crippen LogP contribution in [0.3, 0.4) is 0 Å². The second-order valence-electron chi connectivity index (χ2n) is 5.27. The normalized spacial score (nSPS) is 11.2. The molecule has 0 spiro atoms. The molecule has 1 aromatic rings. The Bertz CT molecular complexity index is 473. The summed E-state index contributed by atoms with van der Waals surface area (Å²) in [6, 6.07) is 1.98. The zero-order chi connectivity index (χ0) is 14.7. The first-order valence-corrected chi connectivity index (χ1v) is 6.30. The first-order chi connectivity index (χ1) is 8.75. The Morgan fingerprint density at radius 3 is 2.32 bits per heavy atom. The number of amides is 1. The molecular weight excluding hydrogens is 250 g/mol. The van der Waals surface area contributed by atoms with Gasteiger partial charge in [0.2, 0.25) is 0 Å². The molecule has 1 aromatic carbocycles. The van der Waals surface area contributed by atoms with E-state index in [2.05, 4.69) is 0 Å². The van der Waals surface area contributed by atoms with Gasteiger partial charge in [-0.1, -0.05) is 13.8 Å². The van der Waals surface area contributed by atoms with Crippen LogP contribution in [-0.2, 0) is 0 Å². The molecule has 3 nitrogen and oxygen atoms in total. The highest BCUT2D eigenvalue weighted by molar-refractivity contribution is 5.96. The minimum atomic E-state index is -0.987. The van der Waals surface area contributed by atoms with Gasteiger partial charge in [-0.15, -0.1) is 0 Å². The van der Waals surface area contributed by atoms with E-state index < -0.39 is 23.1 Å². The number of halogens is 2. The van der Waals surface area contributed by atoms with Gasteiger partial charge in [-0.3, -0.25) is 4.79 Å². The quantitative estimate of drug-likeness (QED) is 0.855. The van der Waals surface area contributed by atoms with E-state index in [0.29, 0.717) is 6.54 Å². The molecule has 0 saturated heterocycles. The van der Waals surface area contributed by atoms with Gasteiger partial charge in [0.25, 0.3) is 5.91 Å². The molecule has 1 amide bonds. The van der Waals surface area contributed by atoms with Gasteiger partial charge in [0.05, 0.1) is 5.69 Å². The highest BCUT2D eigenvalue weighted by Gasteiger charge is 2.26. The summed E-state index contributed by atoms with van der Waals surface area (Å²) in [6.07, 6.45) is 0. The predicted molar refractivity (Wildman–Crippen MR) is 71.8 cm³/mol. The lowest BCUT2D eigenvalue weighted by molar-refractivity contribution is 0.0672.